The normalized spacial score (nSPS) is 38.6. The van der Waals surface area contributed by atoms with Gasteiger partial charge in [-0.3, -0.25) is 9.59 Å². The predicted molar refractivity (Wildman–Crippen MR) is 184 cm³/mol. The standard InChI is InChI=1S/C38H55NO14/c1-11-17(4)25(39-35(47)53-36(6,7)8)33(45)52-28-18(5)19-13-21-38-15-49-29(26(42)27(43)31(38)37(19,9)14-20(28)40)23(32(44)48-10)24(38)30(34(46)50-21)51-22(41)12-16(2)3/h12,17,19,21,23-27,29-31,34,42-43,46H,11,13-15H2,1-10H3,(H,39,47)/t17-,19-,21+,23?,24+,25-,26-,27-,29+,30+,31?,34?,37-,38-/m0/s1. The van der Waals surface area contributed by atoms with Crippen molar-refractivity contribution in [1.29, 1.82) is 0 Å². The van der Waals surface area contributed by atoms with E-state index in [4.69, 9.17) is 28.4 Å². The van der Waals surface area contributed by atoms with Gasteiger partial charge in [0.15, 0.2) is 23.9 Å². The number of amides is 1. The van der Waals surface area contributed by atoms with E-state index in [2.05, 4.69) is 5.32 Å². The number of aliphatic hydroxyl groups excluding tert-OH is 3. The fourth-order valence-electron chi connectivity index (χ4n) is 9.91. The van der Waals surface area contributed by atoms with E-state index < -0.39 is 113 Å². The van der Waals surface area contributed by atoms with Crippen molar-refractivity contribution in [2.45, 2.75) is 130 Å². The van der Waals surface area contributed by atoms with Gasteiger partial charge in [-0.05, 0) is 70.8 Å². The van der Waals surface area contributed by atoms with Crippen molar-refractivity contribution in [2.75, 3.05) is 13.7 Å². The number of ketones is 1. The Morgan fingerprint density at radius 1 is 1.11 bits per heavy atom. The van der Waals surface area contributed by atoms with Crippen LogP contribution in [0.5, 0.6) is 0 Å². The zero-order valence-electron chi connectivity index (χ0n) is 32.2. The molecular formula is C38H55NO14. The second-order valence-corrected chi connectivity index (χ2v) is 16.9. The number of fused-ring (bicyclic) bond motifs is 3. The third kappa shape index (κ3) is 7.03. The van der Waals surface area contributed by atoms with Crippen LogP contribution in [0.25, 0.3) is 0 Å². The molecule has 6 aliphatic rings. The second-order valence-electron chi connectivity index (χ2n) is 16.9. The number of Topliss-reactive ketones (excluding diaryl/α,β-unsaturated/α-hetero) is 1. The average molecular weight is 750 g/mol. The van der Waals surface area contributed by atoms with Gasteiger partial charge >= 0.3 is 24.0 Å². The molecule has 53 heavy (non-hydrogen) atoms. The van der Waals surface area contributed by atoms with E-state index in [1.807, 2.05) is 6.92 Å². The first-order valence-corrected chi connectivity index (χ1v) is 18.3. The van der Waals surface area contributed by atoms with E-state index in [1.54, 1.807) is 55.4 Å². The summed E-state index contributed by atoms with van der Waals surface area (Å²) in [7, 11) is 1.17. The van der Waals surface area contributed by atoms with E-state index in [0.29, 0.717) is 17.6 Å². The number of alkyl carbamates (subject to hydrolysis) is 1. The number of allylic oxidation sites excluding steroid dienone is 3. The van der Waals surface area contributed by atoms with Gasteiger partial charge in [-0.25, -0.2) is 14.4 Å². The molecule has 0 aromatic heterocycles. The van der Waals surface area contributed by atoms with Crippen LogP contribution in [0, 0.1) is 40.4 Å². The molecule has 1 amide bonds. The SMILES string of the molecule is CC[C@H](C)[C@H](NC(=O)OC(C)(C)C)C(=O)OC1=C(C)[C@@H]2C[C@H]3OC(O)[C@H](OC(=O)C=C(C)C)[C@H]4C(C(=O)OC)[C@H]5OC[C@@]43C([C@@H](O)[C@@H]5O)[C@@]2(C)CC1=O. The van der Waals surface area contributed by atoms with E-state index in [0.717, 1.165) is 0 Å². The van der Waals surface area contributed by atoms with Gasteiger partial charge in [0.2, 0.25) is 0 Å². The van der Waals surface area contributed by atoms with Crippen LogP contribution in [0.2, 0.25) is 0 Å². The van der Waals surface area contributed by atoms with Gasteiger partial charge in [0.1, 0.15) is 17.7 Å². The third-order valence-electron chi connectivity index (χ3n) is 12.1. The lowest BCUT2D eigenvalue weighted by molar-refractivity contribution is -0.353. The smallest absolute Gasteiger partial charge is 0.408 e. The number of ether oxygens (including phenoxy) is 6. The maximum Gasteiger partial charge on any atom is 0.408 e. The molecule has 0 aromatic carbocycles. The van der Waals surface area contributed by atoms with Gasteiger partial charge < -0.3 is 49.1 Å². The number of hydrogen-bond acceptors (Lipinski definition) is 14. The summed E-state index contributed by atoms with van der Waals surface area (Å²) < 4.78 is 34.7. The summed E-state index contributed by atoms with van der Waals surface area (Å²) in [5.74, 6) is -7.57. The zero-order valence-corrected chi connectivity index (χ0v) is 32.2. The Labute approximate surface area is 309 Å². The molecule has 296 valence electrons. The topological polar surface area (TPSA) is 213 Å². The summed E-state index contributed by atoms with van der Waals surface area (Å²) >= 11 is 0. The molecular weight excluding hydrogens is 694 g/mol. The molecule has 1 spiro atoms. The van der Waals surface area contributed by atoms with Crippen LogP contribution in [0.4, 0.5) is 4.79 Å². The maximum absolute atomic E-state index is 14.2. The number of rotatable bonds is 8. The minimum Gasteiger partial charge on any atom is -0.469 e. The first-order chi connectivity index (χ1) is 24.6. The van der Waals surface area contributed by atoms with Crippen LogP contribution in [0.15, 0.2) is 23.0 Å². The first kappa shape index (κ1) is 40.8. The molecule has 3 unspecified atom stereocenters. The minimum absolute atomic E-state index is 0.116. The van der Waals surface area contributed by atoms with Crippen LogP contribution in [0.1, 0.15) is 81.6 Å². The number of carbonyl (C=O) groups is 5. The summed E-state index contributed by atoms with van der Waals surface area (Å²) in [4.78, 5) is 67.3. The van der Waals surface area contributed by atoms with Crippen LogP contribution in [0.3, 0.4) is 0 Å². The molecule has 4 N–H and O–H groups in total. The monoisotopic (exact) mass is 749 g/mol. The molecule has 3 heterocycles. The van der Waals surface area contributed by atoms with Crippen molar-refractivity contribution in [3.8, 4) is 0 Å². The number of esters is 3. The van der Waals surface area contributed by atoms with Crippen molar-refractivity contribution in [3.05, 3.63) is 23.0 Å². The third-order valence-corrected chi connectivity index (χ3v) is 12.1. The fourth-order valence-corrected chi connectivity index (χ4v) is 9.91. The van der Waals surface area contributed by atoms with Crippen molar-refractivity contribution in [3.63, 3.8) is 0 Å². The molecule has 0 radical (unpaired) electrons. The Morgan fingerprint density at radius 2 is 1.77 bits per heavy atom. The highest BCUT2D eigenvalue weighted by atomic mass is 16.7. The molecule has 0 aromatic rings. The first-order valence-electron chi connectivity index (χ1n) is 18.3. The van der Waals surface area contributed by atoms with Gasteiger partial charge in [0.05, 0.1) is 37.9 Å². The van der Waals surface area contributed by atoms with Gasteiger partial charge in [0, 0.05) is 29.7 Å². The van der Waals surface area contributed by atoms with Crippen LogP contribution >= 0.6 is 0 Å². The van der Waals surface area contributed by atoms with E-state index in [-0.39, 0.29) is 31.1 Å². The van der Waals surface area contributed by atoms with Gasteiger partial charge in [-0.15, -0.1) is 0 Å². The molecule has 14 atom stereocenters. The molecule has 6 rings (SSSR count). The van der Waals surface area contributed by atoms with Crippen molar-refractivity contribution < 1.29 is 67.7 Å². The van der Waals surface area contributed by atoms with E-state index >= 15 is 0 Å². The lowest BCUT2D eigenvalue weighted by Gasteiger charge is -2.67. The Balaban J connectivity index is 1.59. The lowest BCUT2D eigenvalue weighted by Crippen LogP contribution is -2.74. The highest BCUT2D eigenvalue weighted by Crippen LogP contribution is 2.70. The minimum atomic E-state index is -1.72. The van der Waals surface area contributed by atoms with E-state index in [1.165, 1.54) is 13.2 Å². The molecule has 15 heteroatoms. The summed E-state index contributed by atoms with van der Waals surface area (Å²) in [6.07, 6.45) is -7.87. The summed E-state index contributed by atoms with van der Waals surface area (Å²) in [5, 5.41) is 38.0. The quantitative estimate of drug-likeness (QED) is 0.160. The van der Waals surface area contributed by atoms with Crippen molar-refractivity contribution in [1.82, 2.24) is 5.32 Å². The predicted octanol–water partition coefficient (Wildman–Crippen LogP) is 2.48. The van der Waals surface area contributed by atoms with Gasteiger partial charge in [-0.1, -0.05) is 32.8 Å². The van der Waals surface area contributed by atoms with Gasteiger partial charge in [0.25, 0.3) is 0 Å². The Kier molecular flexibility index (Phi) is 11.3. The molecule has 3 saturated heterocycles. The van der Waals surface area contributed by atoms with Crippen molar-refractivity contribution >= 4 is 29.8 Å². The Bertz CT molecular complexity index is 1560. The molecule has 5 fully saturated rings. The van der Waals surface area contributed by atoms with Crippen LogP contribution < -0.4 is 5.32 Å². The maximum atomic E-state index is 14.2. The summed E-state index contributed by atoms with van der Waals surface area (Å²) in [5.41, 5.74) is -2.35. The number of nitrogens with one attached hydrogen (secondary N) is 1. The van der Waals surface area contributed by atoms with Crippen LogP contribution in [-0.4, -0.2) is 107 Å². The number of aliphatic hydroxyl groups is 3. The molecule has 2 saturated carbocycles. The highest BCUT2D eigenvalue weighted by Gasteiger charge is 2.77. The molecule has 3 aliphatic heterocycles. The van der Waals surface area contributed by atoms with Crippen LogP contribution in [-0.2, 0) is 47.6 Å². The lowest BCUT2D eigenvalue weighted by atomic mass is 9.41. The highest BCUT2D eigenvalue weighted by molar-refractivity contribution is 5.98. The Morgan fingerprint density at radius 3 is 2.36 bits per heavy atom. The number of methoxy groups -OCH3 is 1. The van der Waals surface area contributed by atoms with Gasteiger partial charge in [-0.2, -0.15) is 0 Å². The van der Waals surface area contributed by atoms with E-state index in [9.17, 15) is 39.3 Å². The molecule has 3 aliphatic carbocycles. The fraction of sp³-hybridized carbons (Fsp3) is 0.763. The Hall–Kier alpha value is -3.37. The summed E-state index contributed by atoms with van der Waals surface area (Å²) in [6, 6.07) is -1.14. The second kappa shape index (κ2) is 14.7. The summed E-state index contributed by atoms with van der Waals surface area (Å²) in [6.45, 7) is 15.3. The number of carbonyl (C=O) groups excluding carboxylic acids is 5. The molecule has 2 bridgehead atoms. The van der Waals surface area contributed by atoms with Crippen molar-refractivity contribution in [2.24, 2.45) is 40.4 Å². The average Bonchev–Trinajstić information content (AvgIpc) is 3.22. The number of hydrogen-bond donors (Lipinski definition) is 4. The zero-order chi connectivity index (χ0) is 39.5. The molecule has 15 nitrogen and oxygen atoms in total. The largest absolute Gasteiger partial charge is 0.469 e.